The van der Waals surface area contributed by atoms with Crippen LogP contribution in [0.4, 0.5) is 5.82 Å². The van der Waals surface area contributed by atoms with E-state index < -0.39 is 0 Å². The molecule has 2 heterocycles. The third-order valence-electron chi connectivity index (χ3n) is 3.48. The monoisotopic (exact) mass is 284 g/mol. The highest BCUT2D eigenvalue weighted by Gasteiger charge is 2.13. The van der Waals surface area contributed by atoms with Gasteiger partial charge in [-0.1, -0.05) is 13.8 Å². The van der Waals surface area contributed by atoms with Gasteiger partial charge in [0.25, 0.3) is 0 Å². The van der Waals surface area contributed by atoms with Gasteiger partial charge in [0.05, 0.1) is 5.69 Å². The molecule has 0 unspecified atom stereocenters. The molecule has 0 aliphatic carbocycles. The van der Waals surface area contributed by atoms with E-state index >= 15 is 0 Å². The summed E-state index contributed by atoms with van der Waals surface area (Å²) in [6, 6.07) is 2.03. The predicted octanol–water partition coefficient (Wildman–Crippen LogP) is 3.93. The van der Waals surface area contributed by atoms with Crippen molar-refractivity contribution in [1.29, 1.82) is 0 Å². The lowest BCUT2D eigenvalue weighted by molar-refractivity contribution is 0.830. The molecule has 0 aromatic carbocycles. The number of hydrogen-bond acceptors (Lipinski definition) is 4. The third-order valence-corrected chi connectivity index (χ3v) is 3.48. The number of anilines is 1. The van der Waals surface area contributed by atoms with Crippen LogP contribution in [-0.2, 0) is 6.42 Å². The average Bonchev–Trinajstić information content (AvgIpc) is 2.48. The standard InChI is InChI=1S/C17H24N4/c1-5-7-15-20-16(14-8-10-18-11-12(14)3)13(4)17(21-15)19-9-6-2/h8,10-11H,5-7,9H2,1-4H3,(H,19,20,21). The summed E-state index contributed by atoms with van der Waals surface area (Å²) in [7, 11) is 0. The highest BCUT2D eigenvalue weighted by atomic mass is 15.0. The Morgan fingerprint density at radius 3 is 2.57 bits per heavy atom. The van der Waals surface area contributed by atoms with Crippen LogP contribution in [0.3, 0.4) is 0 Å². The summed E-state index contributed by atoms with van der Waals surface area (Å²) in [5.74, 6) is 1.87. The Labute approximate surface area is 127 Å². The second-order valence-corrected chi connectivity index (χ2v) is 5.33. The van der Waals surface area contributed by atoms with Crippen molar-refractivity contribution < 1.29 is 0 Å². The van der Waals surface area contributed by atoms with Crippen LogP contribution in [-0.4, -0.2) is 21.5 Å². The van der Waals surface area contributed by atoms with Crippen molar-refractivity contribution >= 4 is 5.82 Å². The van der Waals surface area contributed by atoms with E-state index in [9.17, 15) is 0 Å². The maximum atomic E-state index is 4.78. The second-order valence-electron chi connectivity index (χ2n) is 5.33. The summed E-state index contributed by atoms with van der Waals surface area (Å²) in [5, 5.41) is 3.42. The highest BCUT2D eigenvalue weighted by Crippen LogP contribution is 2.28. The first-order valence-corrected chi connectivity index (χ1v) is 7.69. The van der Waals surface area contributed by atoms with E-state index in [2.05, 4.69) is 43.0 Å². The molecule has 0 atom stereocenters. The molecule has 0 saturated carbocycles. The minimum atomic E-state index is 0.901. The average molecular weight is 284 g/mol. The highest BCUT2D eigenvalue weighted by molar-refractivity contribution is 5.70. The molecule has 0 aliphatic rings. The normalized spacial score (nSPS) is 10.7. The summed E-state index contributed by atoms with van der Waals surface area (Å²) in [6.07, 6.45) is 6.73. The minimum absolute atomic E-state index is 0.901. The molecule has 4 nitrogen and oxygen atoms in total. The van der Waals surface area contributed by atoms with Gasteiger partial charge in [-0.15, -0.1) is 0 Å². The lowest BCUT2D eigenvalue weighted by Gasteiger charge is -2.15. The van der Waals surface area contributed by atoms with Crippen molar-refractivity contribution in [3.05, 3.63) is 35.4 Å². The maximum Gasteiger partial charge on any atom is 0.133 e. The van der Waals surface area contributed by atoms with Gasteiger partial charge in [0.15, 0.2) is 0 Å². The smallest absolute Gasteiger partial charge is 0.133 e. The van der Waals surface area contributed by atoms with Gasteiger partial charge in [-0.25, -0.2) is 9.97 Å². The van der Waals surface area contributed by atoms with E-state index in [4.69, 9.17) is 4.98 Å². The third kappa shape index (κ3) is 3.57. The molecule has 0 saturated heterocycles. The molecule has 2 rings (SSSR count). The molecule has 2 aromatic heterocycles. The van der Waals surface area contributed by atoms with Crippen LogP contribution in [0, 0.1) is 13.8 Å². The lowest BCUT2D eigenvalue weighted by atomic mass is 10.0. The zero-order chi connectivity index (χ0) is 15.2. The number of rotatable bonds is 6. The zero-order valence-corrected chi connectivity index (χ0v) is 13.4. The van der Waals surface area contributed by atoms with E-state index in [0.717, 1.165) is 59.8 Å². The van der Waals surface area contributed by atoms with Crippen molar-refractivity contribution in [2.45, 2.75) is 47.0 Å². The van der Waals surface area contributed by atoms with Gasteiger partial charge in [0.2, 0.25) is 0 Å². The predicted molar refractivity (Wildman–Crippen MR) is 87.5 cm³/mol. The van der Waals surface area contributed by atoms with E-state index in [0.29, 0.717) is 0 Å². The summed E-state index contributed by atoms with van der Waals surface area (Å²) in [6.45, 7) is 9.40. The van der Waals surface area contributed by atoms with Crippen molar-refractivity contribution in [2.75, 3.05) is 11.9 Å². The molecule has 4 heteroatoms. The molecular formula is C17H24N4. The largest absolute Gasteiger partial charge is 0.370 e. The fourth-order valence-corrected chi connectivity index (χ4v) is 2.32. The second kappa shape index (κ2) is 7.16. The quantitative estimate of drug-likeness (QED) is 0.873. The van der Waals surface area contributed by atoms with Crippen LogP contribution in [0.15, 0.2) is 18.5 Å². The molecule has 112 valence electrons. The molecule has 0 amide bonds. The molecule has 0 spiro atoms. The van der Waals surface area contributed by atoms with Crippen molar-refractivity contribution in [3.63, 3.8) is 0 Å². The Morgan fingerprint density at radius 1 is 1.10 bits per heavy atom. The van der Waals surface area contributed by atoms with Crippen LogP contribution < -0.4 is 5.32 Å². The van der Waals surface area contributed by atoms with Gasteiger partial charge >= 0.3 is 0 Å². The Kier molecular flexibility index (Phi) is 5.26. The molecule has 0 aliphatic heterocycles. The van der Waals surface area contributed by atoms with Gasteiger partial charge < -0.3 is 5.32 Å². The number of nitrogens with zero attached hydrogens (tertiary/aromatic N) is 3. The number of pyridine rings is 1. The van der Waals surface area contributed by atoms with Crippen LogP contribution in [0.5, 0.6) is 0 Å². The molecule has 2 aromatic rings. The summed E-state index contributed by atoms with van der Waals surface area (Å²) in [5.41, 5.74) is 4.41. The lowest BCUT2D eigenvalue weighted by Crippen LogP contribution is -2.09. The fourth-order valence-electron chi connectivity index (χ4n) is 2.32. The number of nitrogens with one attached hydrogen (secondary N) is 1. The van der Waals surface area contributed by atoms with Crippen LogP contribution in [0.2, 0.25) is 0 Å². The van der Waals surface area contributed by atoms with Gasteiger partial charge in [-0.2, -0.15) is 0 Å². The summed E-state index contributed by atoms with van der Waals surface area (Å²) < 4.78 is 0. The molecular weight excluding hydrogens is 260 g/mol. The molecule has 0 radical (unpaired) electrons. The summed E-state index contributed by atoms with van der Waals surface area (Å²) in [4.78, 5) is 13.6. The number of aromatic nitrogens is 3. The maximum absolute atomic E-state index is 4.78. The first kappa shape index (κ1) is 15.4. The van der Waals surface area contributed by atoms with E-state index in [1.165, 1.54) is 0 Å². The van der Waals surface area contributed by atoms with Gasteiger partial charge in [-0.05, 0) is 38.3 Å². The van der Waals surface area contributed by atoms with Gasteiger partial charge in [-0.3, -0.25) is 4.98 Å². The van der Waals surface area contributed by atoms with Crippen molar-refractivity contribution in [1.82, 2.24) is 15.0 Å². The van der Waals surface area contributed by atoms with Gasteiger partial charge in [0, 0.05) is 36.5 Å². The summed E-state index contributed by atoms with van der Waals surface area (Å²) >= 11 is 0. The first-order valence-electron chi connectivity index (χ1n) is 7.69. The number of hydrogen-bond donors (Lipinski definition) is 1. The number of aryl methyl sites for hydroxylation is 2. The Bertz CT molecular complexity index is 608. The van der Waals surface area contributed by atoms with E-state index in [1.807, 2.05) is 18.5 Å². The Balaban J connectivity index is 2.53. The SMILES string of the molecule is CCCNc1nc(CCC)nc(-c2ccncc2C)c1C. The van der Waals surface area contributed by atoms with Crippen LogP contribution in [0.25, 0.3) is 11.3 Å². The molecule has 1 N–H and O–H groups in total. The fraction of sp³-hybridized carbons (Fsp3) is 0.471. The molecule has 0 bridgehead atoms. The Morgan fingerprint density at radius 2 is 1.90 bits per heavy atom. The van der Waals surface area contributed by atoms with Crippen molar-refractivity contribution in [3.8, 4) is 11.3 Å². The molecule has 21 heavy (non-hydrogen) atoms. The topological polar surface area (TPSA) is 50.7 Å². The van der Waals surface area contributed by atoms with Gasteiger partial charge in [0.1, 0.15) is 11.6 Å². The first-order chi connectivity index (χ1) is 10.2. The van der Waals surface area contributed by atoms with E-state index in [1.54, 1.807) is 0 Å². The van der Waals surface area contributed by atoms with Crippen molar-refractivity contribution in [2.24, 2.45) is 0 Å². The minimum Gasteiger partial charge on any atom is -0.370 e. The van der Waals surface area contributed by atoms with Crippen LogP contribution in [0.1, 0.15) is 43.6 Å². The van der Waals surface area contributed by atoms with Crippen LogP contribution >= 0.6 is 0 Å². The zero-order valence-electron chi connectivity index (χ0n) is 13.4. The van der Waals surface area contributed by atoms with E-state index in [-0.39, 0.29) is 0 Å². The molecule has 0 fully saturated rings. The Hall–Kier alpha value is -1.97.